The molecule has 0 aromatic carbocycles. The van der Waals surface area contributed by atoms with Gasteiger partial charge in [0.25, 0.3) is 0 Å². The van der Waals surface area contributed by atoms with Crippen LogP contribution in [-0.4, -0.2) is 0 Å². The maximum absolute atomic E-state index is 8.55. The Labute approximate surface area is 138 Å². The van der Waals surface area contributed by atoms with Crippen molar-refractivity contribution in [1.82, 2.24) is 0 Å². The molecule has 0 heterocycles. The van der Waals surface area contributed by atoms with Crippen molar-refractivity contribution in [2.75, 3.05) is 0 Å². The second-order valence-electron chi connectivity index (χ2n) is 4.38. The second kappa shape index (κ2) is 16.5. The molecule has 4 nitrogen and oxygen atoms in total. The molecule has 0 radical (unpaired) electrons. The van der Waals surface area contributed by atoms with Crippen molar-refractivity contribution in [3.05, 3.63) is 0 Å². The maximum atomic E-state index is 8.55. The molecule has 0 spiro atoms. The second-order valence-corrected chi connectivity index (χ2v) is 6.88. The van der Waals surface area contributed by atoms with Gasteiger partial charge in [0.1, 0.15) is 0 Å². The summed E-state index contributed by atoms with van der Waals surface area (Å²) in [6.45, 7) is 2.29. The van der Waals surface area contributed by atoms with Gasteiger partial charge in [-0.25, -0.2) is 0 Å². The van der Waals surface area contributed by atoms with Crippen LogP contribution in [0.2, 0.25) is 2.07 Å². The van der Waals surface area contributed by atoms with Crippen molar-refractivity contribution in [1.29, 1.82) is 0 Å². The molecule has 0 aliphatic rings. The van der Waals surface area contributed by atoms with Crippen molar-refractivity contribution >= 4 is 7.82 Å². The summed E-state index contributed by atoms with van der Waals surface area (Å²) in [5.41, 5.74) is 0. The summed E-state index contributed by atoms with van der Waals surface area (Å²) in [6, 6.07) is 0. The summed E-state index contributed by atoms with van der Waals surface area (Å²) in [4.78, 5) is 25.6. The van der Waals surface area contributed by atoms with E-state index in [1.165, 1.54) is 105 Å². The molecule has 0 aromatic heterocycles. The van der Waals surface area contributed by atoms with Gasteiger partial charge in [0.05, 0.1) is 0 Å². The van der Waals surface area contributed by atoms with Gasteiger partial charge in [0.15, 0.2) is 0 Å². The third-order valence-corrected chi connectivity index (χ3v) is 3.66. The van der Waals surface area contributed by atoms with Crippen molar-refractivity contribution in [2.24, 2.45) is 0 Å². The number of hydrogen-bond acceptors (Lipinski definition) is 4. The quantitative estimate of drug-likeness (QED) is 0.409. The van der Waals surface area contributed by atoms with E-state index in [0.717, 1.165) is 0 Å². The Morgan fingerprint density at radius 1 is 0.778 bits per heavy atom. The molecular formula is C12H25NdO4P. The summed E-state index contributed by atoms with van der Waals surface area (Å²) in [5, 5.41) is 0. The van der Waals surface area contributed by atoms with Crippen LogP contribution in [0.25, 0.3) is 0 Å². The minimum absolute atomic E-state index is 1.38. The van der Waals surface area contributed by atoms with E-state index < -0.39 is 7.82 Å². The Bertz CT molecular complexity index is 178. The molecule has 0 rings (SSSR count). The molecule has 0 bridgehead atoms. The van der Waals surface area contributed by atoms with Crippen molar-refractivity contribution in [3.8, 4) is 0 Å². The van der Waals surface area contributed by atoms with Crippen LogP contribution < -0.4 is 14.7 Å². The van der Waals surface area contributed by atoms with Crippen LogP contribution in [0.4, 0.5) is 0 Å². The van der Waals surface area contributed by atoms with Crippen LogP contribution in [0.3, 0.4) is 0 Å². The first-order valence-electron chi connectivity index (χ1n) is 6.79. The molecule has 0 aromatic rings. The van der Waals surface area contributed by atoms with E-state index in [1.54, 1.807) is 0 Å². The third kappa shape index (κ3) is 36.0. The standard InChI is InChI=1S/C12H25.Nd.H3O4P/c1-3-5-7-9-11-12-10-8-6-4-2;;1-5(2,3)4/h1,3-12H2,2H3;;(H3,1,2,3,4)/q;+3;/p-3. The maximum Gasteiger partial charge on any atom is -0.159 e. The summed E-state index contributed by atoms with van der Waals surface area (Å²) >= 11 is 1.41. The minimum Gasteiger partial charge on any atom is -0.822 e. The topological polar surface area (TPSA) is 86.2 Å². The molecule has 106 valence electrons. The Balaban J connectivity index is 0. The molecule has 6 heteroatoms. The van der Waals surface area contributed by atoms with E-state index >= 15 is 0 Å². The van der Waals surface area contributed by atoms with E-state index in [-0.39, 0.29) is 0 Å². The van der Waals surface area contributed by atoms with Gasteiger partial charge in [-0.2, -0.15) is 7.82 Å². The Morgan fingerprint density at radius 3 is 1.33 bits per heavy atom. The van der Waals surface area contributed by atoms with Gasteiger partial charge in [-0.1, -0.05) is 0 Å². The van der Waals surface area contributed by atoms with Gasteiger partial charge >= 0.3 is 112 Å². The fraction of sp³-hybridized carbons (Fsp3) is 1.00. The number of rotatable bonds is 10. The van der Waals surface area contributed by atoms with Crippen LogP contribution in [0.1, 0.15) is 71.1 Å². The van der Waals surface area contributed by atoms with Gasteiger partial charge in [0.2, 0.25) is 0 Å². The van der Waals surface area contributed by atoms with Crippen LogP contribution in [0.15, 0.2) is 0 Å². The molecule has 0 unspecified atom stereocenters. The van der Waals surface area contributed by atoms with Gasteiger partial charge in [-0.05, 0) is 0 Å². The Kier molecular flexibility index (Phi) is 20.0. The summed E-state index contributed by atoms with van der Waals surface area (Å²) in [6.07, 6.45) is 14.7. The summed E-state index contributed by atoms with van der Waals surface area (Å²) in [7, 11) is -5.39. The van der Waals surface area contributed by atoms with E-state index in [2.05, 4.69) is 6.92 Å². The molecule has 0 N–H and O–H groups in total. The molecule has 0 atom stereocenters. The van der Waals surface area contributed by atoms with E-state index in [9.17, 15) is 0 Å². The summed E-state index contributed by atoms with van der Waals surface area (Å²) in [5.74, 6) is 0. The first-order valence-corrected chi connectivity index (χ1v) is 10.5. The minimum atomic E-state index is -5.39. The molecule has 0 saturated heterocycles. The molecule has 18 heavy (non-hydrogen) atoms. The van der Waals surface area contributed by atoms with Crippen LogP contribution in [0, 0.1) is 38.8 Å². The average Bonchev–Trinajstić information content (AvgIpc) is 2.25. The average molecular weight is 409 g/mol. The van der Waals surface area contributed by atoms with Crippen molar-refractivity contribution in [3.63, 3.8) is 0 Å². The van der Waals surface area contributed by atoms with Crippen LogP contribution in [-0.2, 0) is 4.57 Å². The molecule has 0 saturated carbocycles. The first-order chi connectivity index (χ1) is 8.41. The predicted octanol–water partition coefficient (Wildman–Crippen LogP) is 2.05. The fourth-order valence-corrected chi connectivity index (χ4v) is 2.41. The van der Waals surface area contributed by atoms with Gasteiger partial charge in [-0.3, -0.25) is 0 Å². The molecule has 0 aliphatic carbocycles. The van der Waals surface area contributed by atoms with Crippen LogP contribution in [0.5, 0.6) is 0 Å². The zero-order valence-electron chi connectivity index (χ0n) is 11.4. The fourth-order valence-electron chi connectivity index (χ4n) is 1.61. The predicted molar refractivity (Wildman–Crippen MR) is 64.3 cm³/mol. The monoisotopic (exact) mass is 406 g/mol. The van der Waals surface area contributed by atoms with Gasteiger partial charge < -0.3 is 19.2 Å². The SMILES string of the molecule is CCCCCCCCCCC[CH2][Nd+3].O=P([O-])([O-])[O-]. The van der Waals surface area contributed by atoms with E-state index in [0.29, 0.717) is 0 Å². The number of unbranched alkanes of at least 4 members (excludes halogenated alkanes) is 9. The zero-order chi connectivity index (χ0) is 14.3. The summed E-state index contributed by atoms with van der Waals surface area (Å²) < 4.78 is 10.1. The third-order valence-electron chi connectivity index (χ3n) is 2.53. The first kappa shape index (κ1) is 21.8. The molecular weight excluding hydrogens is 383 g/mol. The van der Waals surface area contributed by atoms with Crippen molar-refractivity contribution in [2.45, 2.75) is 73.2 Å². The largest absolute Gasteiger partial charge is 0.822 e. The smallest absolute Gasteiger partial charge is 0.159 e. The van der Waals surface area contributed by atoms with Gasteiger partial charge in [-0.15, -0.1) is 0 Å². The number of phosphoric acid groups is 1. The Morgan fingerprint density at radius 2 is 1.06 bits per heavy atom. The molecule has 0 fully saturated rings. The Hall–Kier alpha value is 1.46. The molecule has 0 amide bonds. The van der Waals surface area contributed by atoms with E-state index in [1.807, 2.05) is 0 Å². The van der Waals surface area contributed by atoms with Crippen molar-refractivity contribution < 1.29 is 58.0 Å². The van der Waals surface area contributed by atoms with E-state index in [4.69, 9.17) is 19.2 Å². The number of hydrogen-bond donors (Lipinski definition) is 0. The zero-order valence-corrected chi connectivity index (χ0v) is 15.5. The normalized spacial score (nSPS) is 11.0. The van der Waals surface area contributed by atoms with Crippen LogP contribution >= 0.6 is 7.82 Å². The molecule has 0 aliphatic heterocycles. The van der Waals surface area contributed by atoms with Gasteiger partial charge in [0, 0.05) is 0 Å².